The number of nitrogens with zero attached hydrogens (tertiary/aromatic N) is 2. The molecule has 2 rings (SSSR count). The first kappa shape index (κ1) is 13.7. The lowest BCUT2D eigenvalue weighted by atomic mass is 10.1. The third-order valence-electron chi connectivity index (χ3n) is 3.25. The molecule has 6 heteroatoms. The zero-order chi connectivity index (χ0) is 13.1. The van der Waals surface area contributed by atoms with Gasteiger partial charge < -0.3 is 4.90 Å². The molecule has 4 nitrogen and oxygen atoms in total. The summed E-state index contributed by atoms with van der Waals surface area (Å²) in [5.41, 5.74) is 0.926. The van der Waals surface area contributed by atoms with Crippen molar-refractivity contribution in [2.24, 2.45) is 0 Å². The Bertz CT molecular complexity index is 448. The number of hydrogen-bond acceptors (Lipinski definition) is 4. The molecule has 0 spiro atoms. The zero-order valence-corrected chi connectivity index (χ0v) is 12.5. The molecular weight excluding hydrogens is 316 g/mol. The molecule has 0 bridgehead atoms. The van der Waals surface area contributed by atoms with Crippen molar-refractivity contribution in [3.05, 3.63) is 32.8 Å². The van der Waals surface area contributed by atoms with E-state index < -0.39 is 0 Å². The van der Waals surface area contributed by atoms with Crippen LogP contribution in [0.15, 0.2) is 22.7 Å². The smallest absolute Gasteiger partial charge is 0.293 e. The van der Waals surface area contributed by atoms with Crippen LogP contribution in [0.4, 0.5) is 11.4 Å². The average molecular weight is 331 g/mol. The van der Waals surface area contributed by atoms with E-state index in [9.17, 15) is 10.1 Å². The lowest BCUT2D eigenvalue weighted by Gasteiger charge is -2.32. The van der Waals surface area contributed by atoms with E-state index in [-0.39, 0.29) is 10.6 Å². The molecule has 1 aliphatic heterocycles. The zero-order valence-electron chi connectivity index (χ0n) is 10.1. The lowest BCUT2D eigenvalue weighted by molar-refractivity contribution is -0.384. The normalized spacial score (nSPS) is 16.9. The number of anilines is 1. The third kappa shape index (κ3) is 2.98. The number of nitro groups is 1. The van der Waals surface area contributed by atoms with Gasteiger partial charge in [-0.1, -0.05) is 15.9 Å². The minimum atomic E-state index is -0.305. The van der Waals surface area contributed by atoms with Crippen LogP contribution in [0.25, 0.3) is 0 Å². The van der Waals surface area contributed by atoms with Gasteiger partial charge in [0, 0.05) is 28.9 Å². The maximum Gasteiger partial charge on any atom is 0.293 e. The molecule has 1 aromatic rings. The van der Waals surface area contributed by atoms with E-state index in [4.69, 9.17) is 0 Å². The SMILES string of the molecule is CSC1CCN(c2ccc(Br)cc2[N+](=O)[O-])CC1. The number of hydrogen-bond donors (Lipinski definition) is 0. The molecule has 1 saturated heterocycles. The van der Waals surface area contributed by atoms with Crippen LogP contribution < -0.4 is 4.90 Å². The van der Waals surface area contributed by atoms with Crippen LogP contribution in [0, 0.1) is 10.1 Å². The largest absolute Gasteiger partial charge is 0.366 e. The van der Waals surface area contributed by atoms with E-state index in [1.807, 2.05) is 23.9 Å². The third-order valence-corrected chi connectivity index (χ3v) is 4.88. The van der Waals surface area contributed by atoms with Crippen molar-refractivity contribution in [3.63, 3.8) is 0 Å². The number of piperidine rings is 1. The summed E-state index contributed by atoms with van der Waals surface area (Å²) in [5.74, 6) is 0. The average Bonchev–Trinajstić information content (AvgIpc) is 2.39. The van der Waals surface area contributed by atoms with E-state index in [0.29, 0.717) is 5.25 Å². The number of halogens is 1. The summed E-state index contributed by atoms with van der Waals surface area (Å²) in [4.78, 5) is 12.9. The predicted octanol–water partition coefficient (Wildman–Crippen LogP) is 3.69. The molecule has 1 aromatic carbocycles. The summed E-state index contributed by atoms with van der Waals surface area (Å²) in [7, 11) is 0. The summed E-state index contributed by atoms with van der Waals surface area (Å²) >= 11 is 5.17. The predicted molar refractivity (Wildman–Crippen MR) is 79.5 cm³/mol. The molecule has 0 unspecified atom stereocenters. The van der Waals surface area contributed by atoms with Crippen LogP contribution in [0.5, 0.6) is 0 Å². The summed E-state index contributed by atoms with van der Waals surface area (Å²) in [6, 6.07) is 5.28. The molecule has 18 heavy (non-hydrogen) atoms. The van der Waals surface area contributed by atoms with Gasteiger partial charge in [0.2, 0.25) is 0 Å². The van der Waals surface area contributed by atoms with Gasteiger partial charge in [-0.15, -0.1) is 0 Å². The highest BCUT2D eigenvalue weighted by Gasteiger charge is 2.24. The van der Waals surface area contributed by atoms with Crippen LogP contribution >= 0.6 is 27.7 Å². The van der Waals surface area contributed by atoms with Gasteiger partial charge in [0.05, 0.1) is 4.92 Å². The van der Waals surface area contributed by atoms with Crippen LogP contribution in [0.1, 0.15) is 12.8 Å². The van der Waals surface area contributed by atoms with Crippen LogP contribution in [-0.4, -0.2) is 29.5 Å². The molecule has 1 aliphatic rings. The number of thioether (sulfide) groups is 1. The van der Waals surface area contributed by atoms with Gasteiger partial charge in [0.15, 0.2) is 0 Å². The fourth-order valence-electron chi connectivity index (χ4n) is 2.24. The lowest BCUT2D eigenvalue weighted by Crippen LogP contribution is -2.35. The van der Waals surface area contributed by atoms with Crippen LogP contribution in [0.3, 0.4) is 0 Å². The summed E-state index contributed by atoms with van der Waals surface area (Å²) in [5, 5.41) is 11.8. The van der Waals surface area contributed by atoms with E-state index in [1.54, 1.807) is 6.07 Å². The van der Waals surface area contributed by atoms with Gasteiger partial charge in [-0.2, -0.15) is 11.8 Å². The van der Waals surface area contributed by atoms with Crippen LogP contribution in [-0.2, 0) is 0 Å². The van der Waals surface area contributed by atoms with Crippen molar-refractivity contribution >= 4 is 39.1 Å². The Hall–Kier alpha value is -0.750. The Morgan fingerprint density at radius 3 is 2.67 bits per heavy atom. The number of nitro benzene ring substituents is 1. The molecule has 0 saturated carbocycles. The first-order valence-electron chi connectivity index (χ1n) is 5.83. The highest BCUT2D eigenvalue weighted by atomic mass is 79.9. The second-order valence-corrected chi connectivity index (χ2v) is 6.37. The van der Waals surface area contributed by atoms with Crippen molar-refractivity contribution in [1.82, 2.24) is 0 Å². The molecule has 1 heterocycles. The van der Waals surface area contributed by atoms with Gasteiger partial charge in [0.1, 0.15) is 5.69 Å². The molecular formula is C12H15BrN2O2S. The maximum atomic E-state index is 11.1. The Morgan fingerprint density at radius 1 is 1.44 bits per heavy atom. The van der Waals surface area contributed by atoms with Crippen molar-refractivity contribution in [2.45, 2.75) is 18.1 Å². The minimum Gasteiger partial charge on any atom is -0.366 e. The monoisotopic (exact) mass is 330 g/mol. The summed E-state index contributed by atoms with van der Waals surface area (Å²) < 4.78 is 0.747. The molecule has 0 radical (unpaired) electrons. The second kappa shape index (κ2) is 5.93. The standard InChI is InChI=1S/C12H15BrN2O2S/c1-18-10-4-6-14(7-5-10)11-3-2-9(13)8-12(11)15(16)17/h2-3,8,10H,4-7H2,1H3. The Balaban J connectivity index is 2.21. The van der Waals surface area contributed by atoms with E-state index in [2.05, 4.69) is 27.1 Å². The first-order chi connectivity index (χ1) is 8.61. The molecule has 1 fully saturated rings. The molecule has 0 atom stereocenters. The number of rotatable bonds is 3. The maximum absolute atomic E-state index is 11.1. The highest BCUT2D eigenvalue weighted by molar-refractivity contribution is 9.10. The van der Waals surface area contributed by atoms with Gasteiger partial charge >= 0.3 is 0 Å². The summed E-state index contributed by atoms with van der Waals surface area (Å²) in [6.45, 7) is 1.79. The van der Waals surface area contributed by atoms with Gasteiger partial charge in [0.25, 0.3) is 5.69 Å². The van der Waals surface area contributed by atoms with Crippen LogP contribution in [0.2, 0.25) is 0 Å². The van der Waals surface area contributed by atoms with Crippen molar-refractivity contribution in [1.29, 1.82) is 0 Å². The Morgan fingerprint density at radius 2 is 2.11 bits per heavy atom. The Kier molecular flexibility index (Phi) is 4.50. The second-order valence-electron chi connectivity index (χ2n) is 4.31. The van der Waals surface area contributed by atoms with Crippen molar-refractivity contribution in [3.8, 4) is 0 Å². The van der Waals surface area contributed by atoms with Crippen molar-refractivity contribution < 1.29 is 4.92 Å². The van der Waals surface area contributed by atoms with Gasteiger partial charge in [-0.25, -0.2) is 0 Å². The quantitative estimate of drug-likeness (QED) is 0.626. The molecule has 0 aliphatic carbocycles. The molecule has 98 valence electrons. The number of benzene rings is 1. The minimum absolute atomic E-state index is 0.187. The van der Waals surface area contributed by atoms with E-state index >= 15 is 0 Å². The van der Waals surface area contributed by atoms with Gasteiger partial charge in [-0.3, -0.25) is 10.1 Å². The van der Waals surface area contributed by atoms with Gasteiger partial charge in [-0.05, 0) is 31.2 Å². The first-order valence-corrected chi connectivity index (χ1v) is 7.91. The highest BCUT2D eigenvalue weighted by Crippen LogP contribution is 2.34. The molecule has 0 aromatic heterocycles. The van der Waals surface area contributed by atoms with E-state index in [0.717, 1.165) is 36.1 Å². The topological polar surface area (TPSA) is 46.4 Å². The molecule has 0 N–H and O–H groups in total. The van der Waals surface area contributed by atoms with E-state index in [1.165, 1.54) is 0 Å². The molecule has 0 amide bonds. The van der Waals surface area contributed by atoms with Crippen molar-refractivity contribution in [2.75, 3.05) is 24.2 Å². The Labute approximate surface area is 119 Å². The fraction of sp³-hybridized carbons (Fsp3) is 0.500. The summed E-state index contributed by atoms with van der Waals surface area (Å²) in [6.07, 6.45) is 4.31. The fourth-order valence-corrected chi connectivity index (χ4v) is 3.27.